The standard InChI is InChI=1S/C10H10N2S/c1-2-4-9(5-3-1)6-11-10-7-13-8-12-10/h1-5,8H,6-7H2. The summed E-state index contributed by atoms with van der Waals surface area (Å²) in [4.78, 5) is 8.53. The molecule has 0 amide bonds. The van der Waals surface area contributed by atoms with E-state index in [2.05, 4.69) is 22.1 Å². The van der Waals surface area contributed by atoms with Gasteiger partial charge in [-0.1, -0.05) is 30.3 Å². The minimum absolute atomic E-state index is 0.744. The van der Waals surface area contributed by atoms with Gasteiger partial charge in [-0.05, 0) is 5.56 Å². The Morgan fingerprint density at radius 2 is 2.15 bits per heavy atom. The molecule has 13 heavy (non-hydrogen) atoms. The molecular formula is C10H10N2S. The number of nitrogens with zero attached hydrogens (tertiary/aromatic N) is 2. The van der Waals surface area contributed by atoms with E-state index < -0.39 is 0 Å². The second kappa shape index (κ2) is 4.23. The van der Waals surface area contributed by atoms with Gasteiger partial charge in [0.1, 0.15) is 5.84 Å². The van der Waals surface area contributed by atoms with Crippen LogP contribution in [0.15, 0.2) is 40.3 Å². The molecule has 0 spiro atoms. The number of hydrogen-bond donors (Lipinski definition) is 0. The Balaban J connectivity index is 1.99. The van der Waals surface area contributed by atoms with Crippen LogP contribution in [-0.4, -0.2) is 17.1 Å². The molecule has 66 valence electrons. The molecule has 0 aromatic heterocycles. The molecule has 0 aliphatic carbocycles. The Morgan fingerprint density at radius 1 is 1.31 bits per heavy atom. The first-order chi connectivity index (χ1) is 6.45. The third-order valence-corrected chi connectivity index (χ3v) is 2.46. The number of thioether (sulfide) groups is 1. The normalized spacial score (nSPS) is 18.3. The van der Waals surface area contributed by atoms with Gasteiger partial charge in [-0.3, -0.25) is 4.99 Å². The van der Waals surface area contributed by atoms with Crippen molar-refractivity contribution in [3.63, 3.8) is 0 Å². The summed E-state index contributed by atoms with van der Waals surface area (Å²) >= 11 is 1.69. The van der Waals surface area contributed by atoms with Crippen molar-refractivity contribution in [3.8, 4) is 0 Å². The predicted molar refractivity (Wildman–Crippen MR) is 58.5 cm³/mol. The first-order valence-corrected chi connectivity index (χ1v) is 5.21. The molecule has 0 unspecified atom stereocenters. The van der Waals surface area contributed by atoms with Gasteiger partial charge in [0.25, 0.3) is 0 Å². The van der Waals surface area contributed by atoms with E-state index in [4.69, 9.17) is 0 Å². The van der Waals surface area contributed by atoms with Crippen LogP contribution >= 0.6 is 11.8 Å². The molecule has 0 N–H and O–H groups in total. The molecule has 0 atom stereocenters. The lowest BCUT2D eigenvalue weighted by Gasteiger charge is -1.95. The average molecular weight is 190 g/mol. The molecule has 1 aliphatic heterocycles. The van der Waals surface area contributed by atoms with Crippen LogP contribution in [-0.2, 0) is 6.54 Å². The molecule has 2 rings (SSSR count). The fourth-order valence-corrected chi connectivity index (χ4v) is 1.69. The van der Waals surface area contributed by atoms with Gasteiger partial charge < -0.3 is 0 Å². The maximum absolute atomic E-state index is 4.39. The van der Waals surface area contributed by atoms with Crippen LogP contribution in [0.25, 0.3) is 0 Å². The summed E-state index contributed by atoms with van der Waals surface area (Å²) in [7, 11) is 0. The van der Waals surface area contributed by atoms with Gasteiger partial charge in [0.15, 0.2) is 0 Å². The Hall–Kier alpha value is -1.09. The zero-order valence-corrected chi connectivity index (χ0v) is 8.00. The van der Waals surface area contributed by atoms with E-state index in [0.29, 0.717) is 0 Å². The summed E-state index contributed by atoms with van der Waals surface area (Å²) in [6.07, 6.45) is 0. The zero-order valence-electron chi connectivity index (χ0n) is 7.18. The van der Waals surface area contributed by atoms with E-state index in [0.717, 1.165) is 18.1 Å². The minimum Gasteiger partial charge on any atom is -0.265 e. The lowest BCUT2D eigenvalue weighted by molar-refractivity contribution is 1.06. The molecular weight excluding hydrogens is 180 g/mol. The van der Waals surface area contributed by atoms with Crippen molar-refractivity contribution >= 4 is 23.1 Å². The van der Waals surface area contributed by atoms with Gasteiger partial charge in [-0.25, -0.2) is 4.99 Å². The first kappa shape index (κ1) is 8.51. The molecule has 0 saturated carbocycles. The summed E-state index contributed by atoms with van der Waals surface area (Å²) in [6, 6.07) is 10.2. The Morgan fingerprint density at radius 3 is 2.85 bits per heavy atom. The van der Waals surface area contributed by atoms with Gasteiger partial charge >= 0.3 is 0 Å². The number of hydrogen-bond acceptors (Lipinski definition) is 2. The molecule has 2 nitrogen and oxygen atoms in total. The molecule has 1 aromatic rings. The fraction of sp³-hybridized carbons (Fsp3) is 0.200. The minimum atomic E-state index is 0.744. The number of aliphatic imine (C=N–C) groups is 2. The highest BCUT2D eigenvalue weighted by Gasteiger charge is 2.01. The van der Waals surface area contributed by atoms with Crippen molar-refractivity contribution in [2.24, 2.45) is 9.98 Å². The van der Waals surface area contributed by atoms with E-state index in [1.807, 2.05) is 23.7 Å². The van der Waals surface area contributed by atoms with E-state index in [1.165, 1.54) is 5.56 Å². The van der Waals surface area contributed by atoms with Crippen LogP contribution in [0.3, 0.4) is 0 Å². The number of benzene rings is 1. The molecule has 1 aromatic carbocycles. The number of rotatable bonds is 2. The molecule has 3 heteroatoms. The lowest BCUT2D eigenvalue weighted by Crippen LogP contribution is -1.93. The zero-order chi connectivity index (χ0) is 8.93. The van der Waals surface area contributed by atoms with Crippen molar-refractivity contribution in [3.05, 3.63) is 35.9 Å². The largest absolute Gasteiger partial charge is 0.265 e. The maximum Gasteiger partial charge on any atom is 0.134 e. The van der Waals surface area contributed by atoms with Crippen LogP contribution in [0.5, 0.6) is 0 Å². The Kier molecular flexibility index (Phi) is 2.77. The van der Waals surface area contributed by atoms with Gasteiger partial charge in [0, 0.05) is 0 Å². The molecule has 1 heterocycles. The Bertz CT molecular complexity index is 330. The smallest absolute Gasteiger partial charge is 0.134 e. The highest BCUT2D eigenvalue weighted by Crippen LogP contribution is 2.07. The summed E-state index contributed by atoms with van der Waals surface area (Å²) in [5, 5.41) is 0. The second-order valence-corrected chi connectivity index (χ2v) is 3.60. The first-order valence-electron chi connectivity index (χ1n) is 4.16. The van der Waals surface area contributed by atoms with E-state index >= 15 is 0 Å². The molecule has 0 saturated heterocycles. The summed E-state index contributed by atoms with van der Waals surface area (Å²) in [5.41, 5.74) is 3.09. The van der Waals surface area contributed by atoms with Gasteiger partial charge in [-0.2, -0.15) is 0 Å². The highest BCUT2D eigenvalue weighted by molar-refractivity contribution is 8.13. The van der Waals surface area contributed by atoms with Gasteiger partial charge in [-0.15, -0.1) is 11.8 Å². The molecule has 0 bridgehead atoms. The van der Waals surface area contributed by atoms with Crippen molar-refractivity contribution in [1.82, 2.24) is 0 Å². The van der Waals surface area contributed by atoms with E-state index in [9.17, 15) is 0 Å². The van der Waals surface area contributed by atoms with Gasteiger partial charge in [0.2, 0.25) is 0 Å². The average Bonchev–Trinajstić information content (AvgIpc) is 2.69. The molecule has 0 radical (unpaired) electrons. The van der Waals surface area contributed by atoms with Crippen molar-refractivity contribution in [2.45, 2.75) is 6.54 Å². The quantitative estimate of drug-likeness (QED) is 0.702. The molecule has 0 fully saturated rings. The van der Waals surface area contributed by atoms with Crippen LogP contribution in [0, 0.1) is 0 Å². The van der Waals surface area contributed by atoms with Crippen LogP contribution in [0.2, 0.25) is 0 Å². The van der Waals surface area contributed by atoms with Crippen LogP contribution < -0.4 is 0 Å². The molecule has 1 aliphatic rings. The Labute approximate surface area is 81.8 Å². The van der Waals surface area contributed by atoms with Crippen molar-refractivity contribution in [1.29, 1.82) is 0 Å². The van der Waals surface area contributed by atoms with Crippen LogP contribution in [0.1, 0.15) is 5.56 Å². The van der Waals surface area contributed by atoms with Gasteiger partial charge in [0.05, 0.1) is 17.8 Å². The van der Waals surface area contributed by atoms with Crippen molar-refractivity contribution in [2.75, 3.05) is 5.75 Å². The fourth-order valence-electron chi connectivity index (χ4n) is 1.10. The van der Waals surface area contributed by atoms with Crippen molar-refractivity contribution < 1.29 is 0 Å². The number of amidine groups is 1. The second-order valence-electron chi connectivity index (χ2n) is 2.76. The lowest BCUT2D eigenvalue weighted by atomic mass is 10.2. The van der Waals surface area contributed by atoms with E-state index in [1.54, 1.807) is 11.8 Å². The summed E-state index contributed by atoms with van der Waals surface area (Å²) in [5.74, 6) is 1.88. The predicted octanol–water partition coefficient (Wildman–Crippen LogP) is 2.36. The van der Waals surface area contributed by atoms with E-state index in [-0.39, 0.29) is 0 Å². The highest BCUT2D eigenvalue weighted by atomic mass is 32.2. The summed E-state index contributed by atoms with van der Waals surface area (Å²) < 4.78 is 0. The maximum atomic E-state index is 4.39. The van der Waals surface area contributed by atoms with Crippen LogP contribution in [0.4, 0.5) is 0 Å². The summed E-state index contributed by atoms with van der Waals surface area (Å²) in [6.45, 7) is 0.744. The SMILES string of the molecule is C1=NC(=NCc2ccccc2)CS1. The topological polar surface area (TPSA) is 24.7 Å². The monoisotopic (exact) mass is 190 g/mol. The third kappa shape index (κ3) is 2.42. The third-order valence-electron chi connectivity index (χ3n) is 1.78.